The molecule has 6 aromatic carbocycles. The Morgan fingerprint density at radius 2 is 0.895 bits per heavy atom. The first-order chi connectivity index (χ1) is 18.4. The first-order valence-corrected chi connectivity index (χ1v) is 13.3. The van der Waals surface area contributed by atoms with Gasteiger partial charge in [-0.15, -0.1) is 0 Å². The first kappa shape index (κ1) is 25.3. The molecule has 0 aliphatic heterocycles. The van der Waals surface area contributed by atoms with Crippen molar-refractivity contribution in [2.75, 3.05) is 11.9 Å². The van der Waals surface area contributed by atoms with E-state index in [0.717, 1.165) is 0 Å². The van der Waals surface area contributed by atoms with E-state index in [1.165, 1.54) is 49.6 Å². The average Bonchev–Trinajstić information content (AvgIpc) is 2.96. The molecular formula is C37H35N. The van der Waals surface area contributed by atoms with E-state index in [1.807, 2.05) is 0 Å². The zero-order chi connectivity index (χ0) is 26.5. The first-order valence-electron chi connectivity index (χ1n) is 13.3. The third-order valence-electron chi connectivity index (χ3n) is 7.08. The summed E-state index contributed by atoms with van der Waals surface area (Å²) in [5.74, 6) is 0. The summed E-state index contributed by atoms with van der Waals surface area (Å²) in [5, 5.41) is 5.16. The fourth-order valence-corrected chi connectivity index (χ4v) is 4.92. The van der Waals surface area contributed by atoms with Crippen molar-refractivity contribution in [3.8, 4) is 11.1 Å². The van der Waals surface area contributed by atoms with Crippen LogP contribution in [-0.4, -0.2) is 7.05 Å². The van der Waals surface area contributed by atoms with Gasteiger partial charge in [-0.05, 0) is 67.9 Å². The van der Waals surface area contributed by atoms with Gasteiger partial charge >= 0.3 is 0 Å². The van der Waals surface area contributed by atoms with Crippen molar-refractivity contribution in [1.29, 1.82) is 0 Å². The summed E-state index contributed by atoms with van der Waals surface area (Å²) in [4.78, 5) is 2.24. The van der Waals surface area contributed by atoms with Crippen molar-refractivity contribution in [2.24, 2.45) is 0 Å². The standard InChI is InChI=1S/C27H27N.C10H8/c1-27(2,3)26-12-8-7-11-25(26)21-14-16-23(17-15-21)28(4)24-18-13-20-9-5-6-10-22(20)19-24;1-2-6-10-8-4-3-7-9(10)5-1/h5-19H,1-4H3;1-8H. The highest BCUT2D eigenvalue weighted by Gasteiger charge is 2.18. The van der Waals surface area contributed by atoms with Crippen LogP contribution in [0.15, 0.2) is 140 Å². The van der Waals surface area contributed by atoms with Crippen LogP contribution in [0.5, 0.6) is 0 Å². The number of rotatable bonds is 3. The van der Waals surface area contributed by atoms with Gasteiger partial charge in [-0.2, -0.15) is 0 Å². The highest BCUT2D eigenvalue weighted by molar-refractivity contribution is 5.87. The molecule has 188 valence electrons. The molecule has 0 spiro atoms. The topological polar surface area (TPSA) is 3.24 Å². The van der Waals surface area contributed by atoms with E-state index in [9.17, 15) is 0 Å². The third kappa shape index (κ3) is 5.63. The maximum atomic E-state index is 2.27. The lowest BCUT2D eigenvalue weighted by atomic mass is 9.82. The van der Waals surface area contributed by atoms with Crippen molar-refractivity contribution < 1.29 is 0 Å². The van der Waals surface area contributed by atoms with Gasteiger partial charge in [-0.1, -0.05) is 136 Å². The molecule has 0 atom stereocenters. The zero-order valence-electron chi connectivity index (χ0n) is 22.7. The number of nitrogens with zero attached hydrogens (tertiary/aromatic N) is 1. The van der Waals surface area contributed by atoms with Crippen LogP contribution >= 0.6 is 0 Å². The van der Waals surface area contributed by atoms with Gasteiger partial charge in [0.05, 0.1) is 0 Å². The van der Waals surface area contributed by atoms with Gasteiger partial charge in [0, 0.05) is 18.4 Å². The predicted octanol–water partition coefficient (Wildman–Crippen LogP) is 10.4. The van der Waals surface area contributed by atoms with E-state index < -0.39 is 0 Å². The van der Waals surface area contributed by atoms with Gasteiger partial charge in [-0.25, -0.2) is 0 Å². The largest absolute Gasteiger partial charge is 0.345 e. The second kappa shape index (κ2) is 10.9. The molecule has 0 amide bonds. The molecule has 0 fully saturated rings. The Morgan fingerprint density at radius 1 is 0.447 bits per heavy atom. The minimum Gasteiger partial charge on any atom is -0.345 e. The van der Waals surface area contributed by atoms with Gasteiger partial charge in [0.15, 0.2) is 0 Å². The highest BCUT2D eigenvalue weighted by Crippen LogP contribution is 2.34. The Balaban J connectivity index is 0.000000244. The van der Waals surface area contributed by atoms with Crippen LogP contribution in [0.2, 0.25) is 0 Å². The molecule has 0 N–H and O–H groups in total. The SMILES string of the molecule is CN(c1ccc(-c2ccccc2C(C)(C)C)cc1)c1ccc2ccccc2c1.c1ccc2ccccc2c1. The summed E-state index contributed by atoms with van der Waals surface area (Å²) in [7, 11) is 2.13. The van der Waals surface area contributed by atoms with Gasteiger partial charge in [0.2, 0.25) is 0 Å². The number of fused-ring (bicyclic) bond motifs is 2. The molecule has 0 saturated heterocycles. The maximum absolute atomic E-state index is 2.27. The summed E-state index contributed by atoms with van der Waals surface area (Å²) < 4.78 is 0. The lowest BCUT2D eigenvalue weighted by Crippen LogP contribution is -2.12. The second-order valence-corrected chi connectivity index (χ2v) is 10.8. The van der Waals surface area contributed by atoms with Crippen molar-refractivity contribution >= 4 is 32.9 Å². The third-order valence-corrected chi connectivity index (χ3v) is 7.08. The fraction of sp³-hybridized carbons (Fsp3) is 0.135. The zero-order valence-corrected chi connectivity index (χ0v) is 22.7. The highest BCUT2D eigenvalue weighted by atomic mass is 15.1. The van der Waals surface area contributed by atoms with Crippen molar-refractivity contribution in [3.05, 3.63) is 145 Å². The van der Waals surface area contributed by atoms with Crippen molar-refractivity contribution in [3.63, 3.8) is 0 Å². The monoisotopic (exact) mass is 493 g/mol. The molecule has 38 heavy (non-hydrogen) atoms. The molecule has 1 nitrogen and oxygen atoms in total. The van der Waals surface area contributed by atoms with Crippen molar-refractivity contribution in [1.82, 2.24) is 0 Å². The molecule has 0 aromatic heterocycles. The lowest BCUT2D eigenvalue weighted by Gasteiger charge is -2.24. The van der Waals surface area contributed by atoms with Gasteiger partial charge in [-0.3, -0.25) is 0 Å². The van der Waals surface area contributed by atoms with Crippen LogP contribution in [0.3, 0.4) is 0 Å². The smallest absolute Gasteiger partial charge is 0.0414 e. The molecule has 0 bridgehead atoms. The number of benzene rings is 6. The Hall–Kier alpha value is -4.36. The summed E-state index contributed by atoms with van der Waals surface area (Å²) in [6.07, 6.45) is 0. The molecule has 0 aliphatic carbocycles. The molecule has 0 heterocycles. The van der Waals surface area contributed by atoms with E-state index in [2.05, 4.69) is 172 Å². The summed E-state index contributed by atoms with van der Waals surface area (Å²) in [5.41, 5.74) is 6.47. The summed E-state index contributed by atoms with van der Waals surface area (Å²) >= 11 is 0. The predicted molar refractivity (Wildman–Crippen MR) is 167 cm³/mol. The van der Waals surface area contributed by atoms with Crippen LogP contribution in [-0.2, 0) is 5.41 Å². The Morgan fingerprint density at radius 3 is 1.45 bits per heavy atom. The van der Waals surface area contributed by atoms with Crippen molar-refractivity contribution in [2.45, 2.75) is 26.2 Å². The van der Waals surface area contributed by atoms with Crippen LogP contribution in [0.25, 0.3) is 32.7 Å². The molecule has 1 heteroatoms. The molecule has 0 aliphatic rings. The quantitative estimate of drug-likeness (QED) is 0.237. The van der Waals surface area contributed by atoms with Crippen LogP contribution in [0.4, 0.5) is 11.4 Å². The maximum Gasteiger partial charge on any atom is 0.0414 e. The molecule has 0 unspecified atom stereocenters. The molecule has 0 radical (unpaired) electrons. The Labute approximate surface area is 227 Å². The van der Waals surface area contributed by atoms with Crippen LogP contribution in [0.1, 0.15) is 26.3 Å². The van der Waals surface area contributed by atoms with E-state index in [0.29, 0.717) is 0 Å². The second-order valence-electron chi connectivity index (χ2n) is 10.8. The minimum atomic E-state index is 0.122. The molecule has 0 saturated carbocycles. The van der Waals surface area contributed by atoms with Gasteiger partial charge in [0.25, 0.3) is 0 Å². The van der Waals surface area contributed by atoms with Gasteiger partial charge < -0.3 is 4.90 Å². The van der Waals surface area contributed by atoms with E-state index in [4.69, 9.17) is 0 Å². The number of anilines is 2. The molecule has 6 aromatic rings. The Bertz CT molecular complexity index is 1590. The number of hydrogen-bond acceptors (Lipinski definition) is 1. The fourth-order valence-electron chi connectivity index (χ4n) is 4.92. The summed E-state index contributed by atoms with van der Waals surface area (Å²) in [6, 6.07) is 49.4. The normalized spacial score (nSPS) is 11.2. The molecular weight excluding hydrogens is 458 g/mol. The average molecular weight is 494 g/mol. The number of hydrogen-bond donors (Lipinski definition) is 0. The van der Waals surface area contributed by atoms with E-state index in [-0.39, 0.29) is 5.41 Å². The molecule has 6 rings (SSSR count). The van der Waals surface area contributed by atoms with Gasteiger partial charge in [0.1, 0.15) is 0 Å². The van der Waals surface area contributed by atoms with E-state index in [1.54, 1.807) is 0 Å². The van der Waals surface area contributed by atoms with Crippen LogP contribution in [0, 0.1) is 0 Å². The van der Waals surface area contributed by atoms with E-state index >= 15 is 0 Å². The lowest BCUT2D eigenvalue weighted by molar-refractivity contribution is 0.592. The van der Waals surface area contributed by atoms with Crippen LogP contribution < -0.4 is 4.90 Å². The Kier molecular flexibility index (Phi) is 7.29. The summed E-state index contributed by atoms with van der Waals surface area (Å²) in [6.45, 7) is 6.81. The minimum absolute atomic E-state index is 0.122.